The fourth-order valence-electron chi connectivity index (χ4n) is 4.20. The van der Waals surface area contributed by atoms with Gasteiger partial charge < -0.3 is 10.1 Å². The van der Waals surface area contributed by atoms with Crippen LogP contribution in [0.2, 0.25) is 0 Å². The molecule has 0 radical (unpaired) electrons. The molecule has 4 aromatic rings. The zero-order chi connectivity index (χ0) is 21.0. The van der Waals surface area contributed by atoms with Gasteiger partial charge in [-0.25, -0.2) is 4.98 Å². The molecule has 0 fully saturated rings. The van der Waals surface area contributed by atoms with Gasteiger partial charge in [0.2, 0.25) is 0 Å². The molecule has 0 amide bonds. The molecule has 5 rings (SSSR count). The van der Waals surface area contributed by atoms with Crippen LogP contribution in [0.25, 0.3) is 10.9 Å². The molecule has 31 heavy (non-hydrogen) atoms. The number of methoxy groups -OCH3 is 1. The molecule has 0 aliphatic carbocycles. The molecule has 1 N–H and O–H groups in total. The fraction of sp³-hybridized carbons (Fsp3) is 0.231. The van der Waals surface area contributed by atoms with Gasteiger partial charge in [-0.2, -0.15) is 0 Å². The van der Waals surface area contributed by atoms with Crippen molar-refractivity contribution in [3.8, 4) is 5.75 Å². The Labute approximate surface area is 182 Å². The van der Waals surface area contributed by atoms with Crippen molar-refractivity contribution in [3.05, 3.63) is 89.7 Å². The monoisotopic (exact) mass is 410 g/mol. The Morgan fingerprint density at radius 1 is 1.03 bits per heavy atom. The highest BCUT2D eigenvalue weighted by Gasteiger charge is 2.19. The zero-order valence-corrected chi connectivity index (χ0v) is 17.7. The molecule has 3 heterocycles. The van der Waals surface area contributed by atoms with Crippen LogP contribution < -0.4 is 10.1 Å². The highest BCUT2D eigenvalue weighted by molar-refractivity contribution is 5.82. The number of para-hydroxylation sites is 1. The molecule has 2 aromatic heterocycles. The van der Waals surface area contributed by atoms with Crippen molar-refractivity contribution in [2.75, 3.05) is 25.5 Å². The number of hydrogen-bond acceptors (Lipinski definition) is 5. The van der Waals surface area contributed by atoms with Crippen molar-refractivity contribution in [2.24, 2.45) is 0 Å². The van der Waals surface area contributed by atoms with E-state index < -0.39 is 0 Å². The number of rotatable bonds is 6. The van der Waals surface area contributed by atoms with Crippen LogP contribution in [0.5, 0.6) is 5.75 Å². The quantitative estimate of drug-likeness (QED) is 0.486. The minimum atomic E-state index is 0.907. The maximum absolute atomic E-state index is 5.25. The summed E-state index contributed by atoms with van der Waals surface area (Å²) < 4.78 is 5.25. The molecule has 2 aromatic carbocycles. The van der Waals surface area contributed by atoms with E-state index in [1.54, 1.807) is 7.11 Å². The maximum Gasteiger partial charge on any atom is 0.133 e. The van der Waals surface area contributed by atoms with E-state index in [1.165, 1.54) is 16.7 Å². The summed E-state index contributed by atoms with van der Waals surface area (Å²) in [6, 6.07) is 20.8. The number of nitrogens with one attached hydrogen (secondary N) is 1. The number of fused-ring (bicyclic) bond motifs is 2. The second-order valence-electron chi connectivity index (χ2n) is 7.96. The van der Waals surface area contributed by atoms with Crippen LogP contribution in [0.3, 0.4) is 0 Å². The molecular weight excluding hydrogens is 384 g/mol. The highest BCUT2D eigenvalue weighted by atomic mass is 16.5. The minimum Gasteiger partial charge on any atom is -0.497 e. The fourth-order valence-corrected chi connectivity index (χ4v) is 4.20. The summed E-state index contributed by atoms with van der Waals surface area (Å²) in [7, 11) is 1.70. The third-order valence-electron chi connectivity index (χ3n) is 5.95. The number of benzene rings is 2. The third kappa shape index (κ3) is 4.37. The molecule has 156 valence electrons. The number of hydrogen-bond donors (Lipinski definition) is 1. The lowest BCUT2D eigenvalue weighted by Crippen LogP contribution is -2.32. The lowest BCUT2D eigenvalue weighted by Gasteiger charge is -2.29. The first-order chi connectivity index (χ1) is 15.3. The summed E-state index contributed by atoms with van der Waals surface area (Å²) in [5, 5.41) is 4.63. The predicted octanol–water partition coefficient (Wildman–Crippen LogP) is 4.98. The molecule has 1 aliphatic heterocycles. The number of aromatic nitrogens is 2. The Balaban J connectivity index is 1.27. The molecule has 0 unspecified atom stereocenters. The Bertz CT molecular complexity index is 1190. The van der Waals surface area contributed by atoms with Gasteiger partial charge in [0.25, 0.3) is 0 Å². The van der Waals surface area contributed by atoms with Gasteiger partial charge in [0.1, 0.15) is 11.6 Å². The SMILES string of the molecule is COc1ccc(CCN2CCc3c(ccnc3Nc3cnc4ccccc4c3)C2)cc1. The molecule has 0 saturated carbocycles. The van der Waals surface area contributed by atoms with E-state index in [-0.39, 0.29) is 0 Å². The largest absolute Gasteiger partial charge is 0.497 e. The molecule has 5 heteroatoms. The van der Waals surface area contributed by atoms with Gasteiger partial charge in [-0.15, -0.1) is 0 Å². The number of anilines is 2. The third-order valence-corrected chi connectivity index (χ3v) is 5.95. The molecule has 0 bridgehead atoms. The topological polar surface area (TPSA) is 50.3 Å². The summed E-state index contributed by atoms with van der Waals surface area (Å²) >= 11 is 0. The first-order valence-corrected chi connectivity index (χ1v) is 10.7. The van der Waals surface area contributed by atoms with Crippen LogP contribution in [-0.2, 0) is 19.4 Å². The van der Waals surface area contributed by atoms with Gasteiger partial charge >= 0.3 is 0 Å². The Kier molecular flexibility index (Phi) is 5.50. The molecular formula is C26H26N4O. The Morgan fingerprint density at radius 2 is 1.90 bits per heavy atom. The zero-order valence-electron chi connectivity index (χ0n) is 17.7. The van der Waals surface area contributed by atoms with Crippen molar-refractivity contribution < 1.29 is 4.74 Å². The number of ether oxygens (including phenoxy) is 1. The second kappa shape index (κ2) is 8.74. The van der Waals surface area contributed by atoms with Gasteiger partial charge in [0.05, 0.1) is 24.5 Å². The van der Waals surface area contributed by atoms with E-state index in [0.29, 0.717) is 0 Å². The van der Waals surface area contributed by atoms with Gasteiger partial charge in [-0.3, -0.25) is 9.88 Å². The molecule has 1 aliphatic rings. The molecule has 0 atom stereocenters. The maximum atomic E-state index is 5.25. The lowest BCUT2D eigenvalue weighted by molar-refractivity contribution is 0.257. The summed E-state index contributed by atoms with van der Waals surface area (Å²) in [6.07, 6.45) is 5.82. The van der Waals surface area contributed by atoms with Crippen LogP contribution in [0.1, 0.15) is 16.7 Å². The van der Waals surface area contributed by atoms with Crippen molar-refractivity contribution >= 4 is 22.4 Å². The van der Waals surface area contributed by atoms with Crippen LogP contribution in [0, 0.1) is 0 Å². The van der Waals surface area contributed by atoms with E-state index in [0.717, 1.165) is 60.6 Å². The average Bonchev–Trinajstić information content (AvgIpc) is 2.83. The van der Waals surface area contributed by atoms with Crippen molar-refractivity contribution in [1.29, 1.82) is 0 Å². The number of nitrogens with zero attached hydrogens (tertiary/aromatic N) is 3. The van der Waals surface area contributed by atoms with Gasteiger partial charge in [-0.05, 0) is 54.3 Å². The van der Waals surface area contributed by atoms with Gasteiger partial charge in [0.15, 0.2) is 0 Å². The van der Waals surface area contributed by atoms with E-state index in [2.05, 4.69) is 50.5 Å². The van der Waals surface area contributed by atoms with E-state index in [1.807, 2.05) is 42.7 Å². The van der Waals surface area contributed by atoms with Gasteiger partial charge in [0, 0.05) is 36.8 Å². The van der Waals surface area contributed by atoms with Crippen LogP contribution in [-0.4, -0.2) is 35.1 Å². The van der Waals surface area contributed by atoms with E-state index in [4.69, 9.17) is 4.74 Å². The molecule has 5 nitrogen and oxygen atoms in total. The van der Waals surface area contributed by atoms with Crippen LogP contribution in [0.4, 0.5) is 11.5 Å². The first kappa shape index (κ1) is 19.5. The Hall–Kier alpha value is -3.44. The molecule has 0 spiro atoms. The Morgan fingerprint density at radius 3 is 2.77 bits per heavy atom. The van der Waals surface area contributed by atoms with Crippen LogP contribution >= 0.6 is 0 Å². The normalized spacial score (nSPS) is 13.7. The summed E-state index contributed by atoms with van der Waals surface area (Å²) in [5.41, 5.74) is 5.99. The highest BCUT2D eigenvalue weighted by Crippen LogP contribution is 2.27. The standard InChI is InChI=1S/C26H26N4O/c1-31-23-8-6-19(7-9-23)11-14-30-15-12-24-21(18-30)10-13-27-26(24)29-22-16-20-4-2-3-5-25(20)28-17-22/h2-10,13,16-17H,11-12,14-15,18H2,1H3,(H,27,29). The predicted molar refractivity (Wildman–Crippen MR) is 125 cm³/mol. The van der Waals surface area contributed by atoms with Crippen molar-refractivity contribution in [1.82, 2.24) is 14.9 Å². The van der Waals surface area contributed by atoms with Crippen molar-refractivity contribution in [3.63, 3.8) is 0 Å². The van der Waals surface area contributed by atoms with Crippen LogP contribution in [0.15, 0.2) is 73.1 Å². The molecule has 0 saturated heterocycles. The van der Waals surface area contributed by atoms with E-state index >= 15 is 0 Å². The summed E-state index contributed by atoms with van der Waals surface area (Å²) in [5.74, 6) is 1.86. The summed E-state index contributed by atoms with van der Waals surface area (Å²) in [6.45, 7) is 3.05. The second-order valence-corrected chi connectivity index (χ2v) is 7.96. The minimum absolute atomic E-state index is 0.907. The summed E-state index contributed by atoms with van der Waals surface area (Å²) in [4.78, 5) is 11.7. The van der Waals surface area contributed by atoms with Crippen molar-refractivity contribution in [2.45, 2.75) is 19.4 Å². The lowest BCUT2D eigenvalue weighted by atomic mass is 10.00. The van der Waals surface area contributed by atoms with Gasteiger partial charge in [-0.1, -0.05) is 30.3 Å². The smallest absolute Gasteiger partial charge is 0.133 e. The first-order valence-electron chi connectivity index (χ1n) is 10.7. The number of pyridine rings is 2. The average molecular weight is 411 g/mol. The van der Waals surface area contributed by atoms with E-state index in [9.17, 15) is 0 Å².